The number of nitrogens with zero attached hydrogens (tertiary/aromatic N) is 1. The Labute approximate surface area is 89.9 Å². The fourth-order valence-corrected chi connectivity index (χ4v) is 1.60. The van der Waals surface area contributed by atoms with Crippen LogP contribution in [0.5, 0.6) is 0 Å². The molecule has 0 aromatic heterocycles. The molecule has 0 saturated heterocycles. The molecule has 0 heterocycles. The maximum Gasteiger partial charge on any atom is 0.226 e. The van der Waals surface area contributed by atoms with E-state index in [1.165, 1.54) is 0 Å². The highest BCUT2D eigenvalue weighted by Gasteiger charge is 2.29. The van der Waals surface area contributed by atoms with Crippen LogP contribution in [0, 0.1) is 0 Å². The molecule has 1 amide bonds. The number of hydrogen-bond acceptors (Lipinski definition) is 2. The third kappa shape index (κ3) is 2.49. The molecule has 0 atom stereocenters. The zero-order chi connectivity index (χ0) is 10.8. The van der Waals surface area contributed by atoms with Crippen molar-refractivity contribution in [3.05, 3.63) is 29.8 Å². The van der Waals surface area contributed by atoms with Crippen LogP contribution in [0.25, 0.3) is 0 Å². The maximum absolute atomic E-state index is 11.8. The number of rotatable bonds is 3. The SMILES string of the molecule is CN(C(=O)Cc1ccc(N)cc1)C1CC1. The molecule has 0 radical (unpaired) electrons. The predicted octanol–water partition coefficient (Wildman–Crippen LogP) is 1.43. The van der Waals surface area contributed by atoms with Crippen molar-refractivity contribution in [2.24, 2.45) is 0 Å². The van der Waals surface area contributed by atoms with Gasteiger partial charge in [-0.15, -0.1) is 0 Å². The normalized spacial score (nSPS) is 15.0. The van der Waals surface area contributed by atoms with Gasteiger partial charge in [-0.1, -0.05) is 12.1 Å². The number of likely N-dealkylation sites (N-methyl/N-ethyl adjacent to an activating group) is 1. The average Bonchev–Trinajstić information content (AvgIpc) is 3.04. The Bertz CT molecular complexity index is 354. The molecule has 2 N–H and O–H groups in total. The highest BCUT2D eigenvalue weighted by atomic mass is 16.2. The summed E-state index contributed by atoms with van der Waals surface area (Å²) in [7, 11) is 1.89. The molecule has 0 unspecified atom stereocenters. The number of amides is 1. The summed E-state index contributed by atoms with van der Waals surface area (Å²) in [5.41, 5.74) is 7.35. The summed E-state index contributed by atoms with van der Waals surface area (Å²) in [6.07, 6.45) is 2.79. The number of nitrogen functional groups attached to an aromatic ring is 1. The van der Waals surface area contributed by atoms with Crippen molar-refractivity contribution in [1.82, 2.24) is 4.90 Å². The topological polar surface area (TPSA) is 46.3 Å². The summed E-state index contributed by atoms with van der Waals surface area (Å²) in [5, 5.41) is 0. The fraction of sp³-hybridized carbons (Fsp3) is 0.417. The lowest BCUT2D eigenvalue weighted by Crippen LogP contribution is -2.30. The number of benzene rings is 1. The molecule has 2 rings (SSSR count). The van der Waals surface area contributed by atoms with E-state index in [-0.39, 0.29) is 5.91 Å². The first-order valence-corrected chi connectivity index (χ1v) is 5.27. The van der Waals surface area contributed by atoms with Gasteiger partial charge in [0.05, 0.1) is 6.42 Å². The third-order valence-electron chi connectivity index (χ3n) is 2.82. The summed E-state index contributed by atoms with van der Waals surface area (Å²) in [6, 6.07) is 7.98. The highest BCUT2D eigenvalue weighted by Crippen LogP contribution is 2.25. The number of anilines is 1. The molecule has 15 heavy (non-hydrogen) atoms. The second kappa shape index (κ2) is 3.93. The quantitative estimate of drug-likeness (QED) is 0.757. The molecule has 1 aliphatic rings. The Kier molecular flexibility index (Phi) is 2.62. The minimum absolute atomic E-state index is 0.197. The Morgan fingerprint density at radius 2 is 2.00 bits per heavy atom. The van der Waals surface area contributed by atoms with Crippen molar-refractivity contribution in [3.8, 4) is 0 Å². The van der Waals surface area contributed by atoms with Crippen LogP contribution in [-0.4, -0.2) is 23.9 Å². The number of carbonyl (C=O) groups excluding carboxylic acids is 1. The average molecular weight is 204 g/mol. The first kappa shape index (κ1) is 10.0. The van der Waals surface area contributed by atoms with Crippen LogP contribution in [0.1, 0.15) is 18.4 Å². The van der Waals surface area contributed by atoms with Gasteiger partial charge in [0.25, 0.3) is 0 Å². The van der Waals surface area contributed by atoms with Crippen LogP contribution in [0.2, 0.25) is 0 Å². The van der Waals surface area contributed by atoms with E-state index in [9.17, 15) is 4.79 Å². The largest absolute Gasteiger partial charge is 0.399 e. The monoisotopic (exact) mass is 204 g/mol. The zero-order valence-electron chi connectivity index (χ0n) is 8.94. The lowest BCUT2D eigenvalue weighted by Gasteiger charge is -2.16. The van der Waals surface area contributed by atoms with Gasteiger partial charge in [-0.2, -0.15) is 0 Å². The minimum Gasteiger partial charge on any atom is -0.399 e. The van der Waals surface area contributed by atoms with Crippen LogP contribution in [0.3, 0.4) is 0 Å². The fourth-order valence-electron chi connectivity index (χ4n) is 1.60. The van der Waals surface area contributed by atoms with Gasteiger partial charge in [-0.05, 0) is 30.5 Å². The third-order valence-corrected chi connectivity index (χ3v) is 2.82. The summed E-state index contributed by atoms with van der Waals surface area (Å²) >= 11 is 0. The van der Waals surface area contributed by atoms with E-state index < -0.39 is 0 Å². The van der Waals surface area contributed by atoms with E-state index in [0.717, 1.165) is 24.1 Å². The summed E-state index contributed by atoms with van der Waals surface area (Å²) < 4.78 is 0. The van der Waals surface area contributed by atoms with E-state index >= 15 is 0 Å². The van der Waals surface area contributed by atoms with Crippen LogP contribution in [0.4, 0.5) is 5.69 Å². The Hall–Kier alpha value is -1.51. The summed E-state index contributed by atoms with van der Waals surface area (Å²) in [6.45, 7) is 0. The van der Waals surface area contributed by atoms with Crippen molar-refractivity contribution in [2.45, 2.75) is 25.3 Å². The first-order chi connectivity index (χ1) is 7.16. The molecule has 3 nitrogen and oxygen atoms in total. The van der Waals surface area contributed by atoms with Gasteiger partial charge in [0.2, 0.25) is 5.91 Å². The van der Waals surface area contributed by atoms with E-state index in [0.29, 0.717) is 12.5 Å². The number of carbonyl (C=O) groups is 1. The van der Waals surface area contributed by atoms with Crippen LogP contribution in [-0.2, 0) is 11.2 Å². The molecule has 3 heteroatoms. The molecule has 1 aliphatic carbocycles. The lowest BCUT2D eigenvalue weighted by molar-refractivity contribution is -0.129. The van der Waals surface area contributed by atoms with Gasteiger partial charge in [0.1, 0.15) is 0 Å². The summed E-state index contributed by atoms with van der Waals surface area (Å²) in [4.78, 5) is 13.6. The Morgan fingerprint density at radius 1 is 1.40 bits per heavy atom. The molecule has 1 aromatic carbocycles. The smallest absolute Gasteiger partial charge is 0.226 e. The van der Waals surface area contributed by atoms with Gasteiger partial charge < -0.3 is 10.6 Å². The number of hydrogen-bond donors (Lipinski definition) is 1. The standard InChI is InChI=1S/C12H16N2O/c1-14(11-6-7-11)12(15)8-9-2-4-10(13)5-3-9/h2-5,11H,6-8,13H2,1H3. The first-order valence-electron chi connectivity index (χ1n) is 5.27. The van der Waals surface area contributed by atoms with E-state index in [1.807, 2.05) is 36.2 Å². The molecular weight excluding hydrogens is 188 g/mol. The van der Waals surface area contributed by atoms with Gasteiger partial charge >= 0.3 is 0 Å². The molecular formula is C12H16N2O. The van der Waals surface area contributed by atoms with Crippen LogP contribution >= 0.6 is 0 Å². The van der Waals surface area contributed by atoms with Crippen molar-refractivity contribution >= 4 is 11.6 Å². The lowest BCUT2D eigenvalue weighted by atomic mass is 10.1. The Balaban J connectivity index is 1.95. The molecule has 0 spiro atoms. The maximum atomic E-state index is 11.8. The van der Waals surface area contributed by atoms with Gasteiger partial charge in [0.15, 0.2) is 0 Å². The van der Waals surface area contributed by atoms with Gasteiger partial charge in [-0.3, -0.25) is 4.79 Å². The molecule has 80 valence electrons. The molecule has 0 aliphatic heterocycles. The van der Waals surface area contributed by atoms with Crippen molar-refractivity contribution < 1.29 is 4.79 Å². The molecule has 0 bridgehead atoms. The van der Waals surface area contributed by atoms with Crippen LogP contribution in [0.15, 0.2) is 24.3 Å². The van der Waals surface area contributed by atoms with E-state index in [2.05, 4.69) is 0 Å². The zero-order valence-corrected chi connectivity index (χ0v) is 8.94. The number of nitrogens with two attached hydrogens (primary N) is 1. The van der Waals surface area contributed by atoms with Crippen molar-refractivity contribution in [1.29, 1.82) is 0 Å². The second-order valence-electron chi connectivity index (χ2n) is 4.15. The van der Waals surface area contributed by atoms with Gasteiger partial charge in [-0.25, -0.2) is 0 Å². The Morgan fingerprint density at radius 3 is 2.53 bits per heavy atom. The van der Waals surface area contributed by atoms with E-state index in [1.54, 1.807) is 0 Å². The van der Waals surface area contributed by atoms with Crippen molar-refractivity contribution in [2.75, 3.05) is 12.8 Å². The van der Waals surface area contributed by atoms with Gasteiger partial charge in [0, 0.05) is 18.8 Å². The molecule has 1 saturated carbocycles. The van der Waals surface area contributed by atoms with Crippen LogP contribution < -0.4 is 5.73 Å². The highest BCUT2D eigenvalue weighted by molar-refractivity contribution is 5.79. The molecule has 1 aromatic rings. The molecule has 1 fully saturated rings. The second-order valence-corrected chi connectivity index (χ2v) is 4.15. The predicted molar refractivity (Wildman–Crippen MR) is 60.4 cm³/mol. The van der Waals surface area contributed by atoms with Crippen molar-refractivity contribution in [3.63, 3.8) is 0 Å². The summed E-state index contributed by atoms with van der Waals surface area (Å²) in [5.74, 6) is 0.197. The minimum atomic E-state index is 0.197. The van der Waals surface area contributed by atoms with E-state index in [4.69, 9.17) is 5.73 Å².